The Kier molecular flexibility index (Phi) is 4.14. The van der Waals surface area contributed by atoms with E-state index in [2.05, 4.69) is 44.2 Å². The first-order valence-electron chi connectivity index (χ1n) is 5.79. The maximum absolute atomic E-state index is 9.05. The number of benzene rings is 1. The van der Waals surface area contributed by atoms with E-state index in [0.717, 1.165) is 17.8 Å². The van der Waals surface area contributed by atoms with Crippen LogP contribution in [0.4, 0.5) is 5.69 Å². The van der Waals surface area contributed by atoms with Gasteiger partial charge < -0.3 is 10.2 Å². The third-order valence-electron chi connectivity index (χ3n) is 3.22. The molecule has 1 aromatic rings. The van der Waals surface area contributed by atoms with Crippen molar-refractivity contribution in [3.05, 3.63) is 29.3 Å². The highest BCUT2D eigenvalue weighted by molar-refractivity contribution is 5.58. The van der Waals surface area contributed by atoms with E-state index in [1.807, 2.05) is 25.1 Å². The van der Waals surface area contributed by atoms with Crippen LogP contribution in [0.15, 0.2) is 18.2 Å². The summed E-state index contributed by atoms with van der Waals surface area (Å²) in [5, 5.41) is 12.4. The first kappa shape index (κ1) is 13.5. The first-order valence-corrected chi connectivity index (χ1v) is 5.79. The zero-order valence-corrected chi connectivity index (χ0v) is 11.3. The number of anilines is 1. The fourth-order valence-electron chi connectivity index (χ4n) is 1.37. The minimum atomic E-state index is 0.0521. The van der Waals surface area contributed by atoms with E-state index in [9.17, 15) is 0 Å². The molecular weight excluding hydrogens is 210 g/mol. The number of nitrogens with one attached hydrogen (secondary N) is 1. The maximum Gasteiger partial charge on any atom is 0.101 e. The number of rotatable bonds is 4. The Bertz CT molecular complexity index is 428. The molecule has 0 bridgehead atoms. The van der Waals surface area contributed by atoms with Gasteiger partial charge in [-0.1, -0.05) is 6.07 Å². The fraction of sp³-hybridized carbons (Fsp3) is 0.500. The zero-order valence-electron chi connectivity index (χ0n) is 11.3. The molecule has 1 aromatic carbocycles. The van der Waals surface area contributed by atoms with Crippen LogP contribution < -0.4 is 5.32 Å². The number of nitriles is 1. The highest BCUT2D eigenvalue weighted by Crippen LogP contribution is 2.18. The fourth-order valence-corrected chi connectivity index (χ4v) is 1.37. The Morgan fingerprint density at radius 3 is 2.53 bits per heavy atom. The summed E-state index contributed by atoms with van der Waals surface area (Å²) in [5.74, 6) is 0. The standard InChI is InChI=1S/C14H21N3/c1-11-6-7-12(9-15)13(8-11)16-10-14(2,3)17(4)5/h6-8,16H,10H2,1-5H3. The third-order valence-corrected chi connectivity index (χ3v) is 3.22. The number of nitrogens with zero attached hydrogens (tertiary/aromatic N) is 2. The summed E-state index contributed by atoms with van der Waals surface area (Å²) in [4.78, 5) is 2.17. The number of aryl methyl sites for hydroxylation is 1. The summed E-state index contributed by atoms with van der Waals surface area (Å²) in [6.45, 7) is 7.17. The number of hydrogen-bond acceptors (Lipinski definition) is 3. The van der Waals surface area contributed by atoms with Crippen LogP contribution in [-0.4, -0.2) is 31.1 Å². The van der Waals surface area contributed by atoms with Gasteiger partial charge in [-0.15, -0.1) is 0 Å². The minimum absolute atomic E-state index is 0.0521. The van der Waals surface area contributed by atoms with Crippen molar-refractivity contribution in [3.63, 3.8) is 0 Å². The Morgan fingerprint density at radius 2 is 2.00 bits per heavy atom. The molecule has 3 nitrogen and oxygen atoms in total. The van der Waals surface area contributed by atoms with Crippen molar-refractivity contribution >= 4 is 5.69 Å². The maximum atomic E-state index is 9.05. The van der Waals surface area contributed by atoms with Crippen LogP contribution in [0.5, 0.6) is 0 Å². The molecule has 0 unspecified atom stereocenters. The zero-order chi connectivity index (χ0) is 13.1. The van der Waals surface area contributed by atoms with Gasteiger partial charge in [-0.3, -0.25) is 0 Å². The van der Waals surface area contributed by atoms with Crippen molar-refractivity contribution in [2.45, 2.75) is 26.3 Å². The molecule has 92 valence electrons. The van der Waals surface area contributed by atoms with Crippen molar-refractivity contribution in [1.82, 2.24) is 4.90 Å². The molecule has 0 saturated carbocycles. The second-order valence-corrected chi connectivity index (χ2v) is 5.22. The van der Waals surface area contributed by atoms with Crippen molar-refractivity contribution in [1.29, 1.82) is 5.26 Å². The molecule has 0 saturated heterocycles. The molecular formula is C14H21N3. The third kappa shape index (κ3) is 3.47. The van der Waals surface area contributed by atoms with E-state index in [0.29, 0.717) is 5.56 Å². The van der Waals surface area contributed by atoms with Gasteiger partial charge in [-0.05, 0) is 52.6 Å². The Balaban J connectivity index is 2.83. The minimum Gasteiger partial charge on any atom is -0.382 e. The van der Waals surface area contributed by atoms with Gasteiger partial charge in [0.1, 0.15) is 6.07 Å². The van der Waals surface area contributed by atoms with Gasteiger partial charge >= 0.3 is 0 Å². The van der Waals surface area contributed by atoms with Crippen molar-refractivity contribution in [2.24, 2.45) is 0 Å². The van der Waals surface area contributed by atoms with Gasteiger partial charge in [0.25, 0.3) is 0 Å². The Hall–Kier alpha value is -1.53. The summed E-state index contributed by atoms with van der Waals surface area (Å²) in [7, 11) is 4.12. The molecule has 17 heavy (non-hydrogen) atoms. The molecule has 1 rings (SSSR count). The quantitative estimate of drug-likeness (QED) is 0.865. The van der Waals surface area contributed by atoms with Gasteiger partial charge in [-0.2, -0.15) is 5.26 Å². The van der Waals surface area contributed by atoms with Crippen molar-refractivity contribution in [3.8, 4) is 6.07 Å². The molecule has 0 radical (unpaired) electrons. The lowest BCUT2D eigenvalue weighted by atomic mass is 10.0. The van der Waals surface area contributed by atoms with Crippen molar-refractivity contribution < 1.29 is 0 Å². The lowest BCUT2D eigenvalue weighted by Crippen LogP contribution is -2.44. The van der Waals surface area contributed by atoms with Crippen molar-refractivity contribution in [2.75, 3.05) is 26.0 Å². The van der Waals surface area contributed by atoms with Crippen LogP contribution >= 0.6 is 0 Å². The summed E-state index contributed by atoms with van der Waals surface area (Å²) >= 11 is 0. The summed E-state index contributed by atoms with van der Waals surface area (Å²) < 4.78 is 0. The average molecular weight is 231 g/mol. The summed E-state index contributed by atoms with van der Waals surface area (Å²) in [6.07, 6.45) is 0. The molecule has 0 fully saturated rings. The van der Waals surface area contributed by atoms with Crippen LogP contribution in [0, 0.1) is 18.3 Å². The molecule has 3 heteroatoms. The van der Waals surface area contributed by atoms with Gasteiger partial charge in [0.2, 0.25) is 0 Å². The lowest BCUT2D eigenvalue weighted by molar-refractivity contribution is 0.210. The van der Waals surface area contributed by atoms with Crippen LogP contribution in [0.25, 0.3) is 0 Å². The predicted molar refractivity (Wildman–Crippen MR) is 72.1 cm³/mol. The molecule has 0 atom stereocenters. The second-order valence-electron chi connectivity index (χ2n) is 5.22. The van der Waals surface area contributed by atoms with Gasteiger partial charge in [0.15, 0.2) is 0 Å². The SMILES string of the molecule is Cc1ccc(C#N)c(NCC(C)(C)N(C)C)c1. The van der Waals surface area contributed by atoms with Gasteiger partial charge in [-0.25, -0.2) is 0 Å². The summed E-state index contributed by atoms with van der Waals surface area (Å²) in [6, 6.07) is 8.05. The first-order chi connectivity index (χ1) is 7.86. The highest BCUT2D eigenvalue weighted by Gasteiger charge is 2.20. The highest BCUT2D eigenvalue weighted by atomic mass is 15.2. The molecule has 0 heterocycles. The topological polar surface area (TPSA) is 39.1 Å². The molecule has 0 aliphatic carbocycles. The van der Waals surface area contributed by atoms with Gasteiger partial charge in [0.05, 0.1) is 11.3 Å². The van der Waals surface area contributed by atoms with E-state index in [4.69, 9.17) is 5.26 Å². The van der Waals surface area contributed by atoms with E-state index in [1.54, 1.807) is 0 Å². The number of likely N-dealkylation sites (N-methyl/N-ethyl adjacent to an activating group) is 1. The monoisotopic (exact) mass is 231 g/mol. The molecule has 0 aliphatic rings. The summed E-state index contributed by atoms with van der Waals surface area (Å²) in [5.41, 5.74) is 2.83. The molecule has 0 aromatic heterocycles. The molecule has 0 spiro atoms. The molecule has 0 aliphatic heterocycles. The molecule has 1 N–H and O–H groups in total. The van der Waals surface area contributed by atoms with Crippen LogP contribution in [0.2, 0.25) is 0 Å². The normalized spacial score (nSPS) is 11.4. The van der Waals surface area contributed by atoms with E-state index >= 15 is 0 Å². The largest absolute Gasteiger partial charge is 0.382 e. The van der Waals surface area contributed by atoms with Gasteiger partial charge in [0, 0.05) is 12.1 Å². The van der Waals surface area contributed by atoms with Crippen LogP contribution in [0.3, 0.4) is 0 Å². The lowest BCUT2D eigenvalue weighted by Gasteiger charge is -2.33. The Labute approximate surface area is 104 Å². The van der Waals surface area contributed by atoms with E-state index in [-0.39, 0.29) is 5.54 Å². The Morgan fingerprint density at radius 1 is 1.35 bits per heavy atom. The van der Waals surface area contributed by atoms with Crippen LogP contribution in [0.1, 0.15) is 25.0 Å². The van der Waals surface area contributed by atoms with Crippen LogP contribution in [-0.2, 0) is 0 Å². The smallest absolute Gasteiger partial charge is 0.101 e. The molecule has 0 amide bonds. The predicted octanol–water partition coefficient (Wildman–Crippen LogP) is 2.62. The second kappa shape index (κ2) is 5.20. The van der Waals surface area contributed by atoms with E-state index in [1.165, 1.54) is 0 Å². The van der Waals surface area contributed by atoms with E-state index < -0.39 is 0 Å². The average Bonchev–Trinajstić information content (AvgIpc) is 2.26. The number of hydrogen-bond donors (Lipinski definition) is 1.